The third kappa shape index (κ3) is 7.68. The average Bonchev–Trinajstić information content (AvgIpc) is 2.98. The molecule has 46 heavy (non-hydrogen) atoms. The van der Waals surface area contributed by atoms with Crippen molar-refractivity contribution in [3.05, 3.63) is 99.5 Å². The van der Waals surface area contributed by atoms with E-state index < -0.39 is 30.2 Å². The molecule has 1 aliphatic heterocycles. The first kappa shape index (κ1) is 33.0. The molecule has 1 fully saturated rings. The molecule has 13 heteroatoms. The minimum atomic E-state index is -4.62. The van der Waals surface area contributed by atoms with Gasteiger partial charge in [0.25, 0.3) is 0 Å². The number of ether oxygens (including phenoxy) is 1. The van der Waals surface area contributed by atoms with Crippen molar-refractivity contribution in [2.75, 3.05) is 48.3 Å². The van der Waals surface area contributed by atoms with Gasteiger partial charge in [-0.05, 0) is 87.0 Å². The van der Waals surface area contributed by atoms with E-state index >= 15 is 4.39 Å². The number of nitrogens with one attached hydrogen (secondary N) is 1. The molecule has 4 aromatic rings. The van der Waals surface area contributed by atoms with E-state index in [2.05, 4.69) is 20.2 Å². The molecule has 242 valence electrons. The van der Waals surface area contributed by atoms with Crippen LogP contribution in [0.4, 0.5) is 45.5 Å². The topological polar surface area (TPSA) is 73.8 Å². The first-order valence-corrected chi connectivity index (χ1v) is 14.9. The number of carbonyl (C=O) groups is 1. The van der Waals surface area contributed by atoms with E-state index in [9.17, 15) is 18.0 Å². The summed E-state index contributed by atoms with van der Waals surface area (Å²) in [6.45, 7) is 8.16. The van der Waals surface area contributed by atoms with Gasteiger partial charge in [-0.2, -0.15) is 18.2 Å². The number of aromatic nitrogens is 2. The predicted molar refractivity (Wildman–Crippen MR) is 171 cm³/mol. The third-order valence-corrected chi connectivity index (χ3v) is 8.05. The molecule has 0 saturated carbocycles. The Morgan fingerprint density at radius 3 is 2.35 bits per heavy atom. The lowest BCUT2D eigenvalue weighted by atomic mass is 10.1. The number of piperazine rings is 1. The fourth-order valence-corrected chi connectivity index (χ4v) is 5.51. The molecule has 0 atom stereocenters. The molecule has 1 N–H and O–H groups in total. The number of alkyl halides is 3. The lowest BCUT2D eigenvalue weighted by molar-refractivity contribution is -0.137. The van der Waals surface area contributed by atoms with Crippen molar-refractivity contribution in [2.45, 2.75) is 33.5 Å². The first-order valence-electron chi connectivity index (χ1n) is 14.5. The number of carbonyl (C=O) groups excluding carboxylic acids is 1. The molecular weight excluding hydrogens is 624 g/mol. The van der Waals surface area contributed by atoms with Gasteiger partial charge in [0, 0.05) is 43.1 Å². The Bertz CT molecular complexity index is 1720. The van der Waals surface area contributed by atoms with E-state index in [0.29, 0.717) is 41.3 Å². The SMILES string of the molecule is Cc1cc(C)c(OC(=O)N(Cc2cc(C(F)(F)F)ccc2Cl)c2ccnc(Nc3ccc(N4CCN(C)CC4)c(F)c3)n2)c(C)c1. The van der Waals surface area contributed by atoms with E-state index in [1.54, 1.807) is 26.0 Å². The number of aryl methyl sites for hydroxylation is 3. The van der Waals surface area contributed by atoms with Crippen LogP contribution in [0.5, 0.6) is 5.75 Å². The highest BCUT2D eigenvalue weighted by molar-refractivity contribution is 6.31. The molecule has 1 aliphatic rings. The highest BCUT2D eigenvalue weighted by Gasteiger charge is 2.32. The van der Waals surface area contributed by atoms with Gasteiger partial charge >= 0.3 is 12.3 Å². The smallest absolute Gasteiger partial charge is 0.409 e. The van der Waals surface area contributed by atoms with Gasteiger partial charge in [-0.1, -0.05) is 29.3 Å². The summed E-state index contributed by atoms with van der Waals surface area (Å²) < 4.78 is 61.6. The van der Waals surface area contributed by atoms with Crippen molar-refractivity contribution in [3.63, 3.8) is 0 Å². The average molecular weight is 657 g/mol. The molecule has 0 spiro atoms. The number of nitrogens with zero attached hydrogens (tertiary/aromatic N) is 5. The summed E-state index contributed by atoms with van der Waals surface area (Å²) in [5.41, 5.74) is 2.35. The van der Waals surface area contributed by atoms with Crippen LogP contribution in [0.15, 0.2) is 60.8 Å². The number of hydrogen-bond donors (Lipinski definition) is 1. The number of rotatable bonds is 7. The van der Waals surface area contributed by atoms with E-state index in [1.807, 2.05) is 31.0 Å². The van der Waals surface area contributed by atoms with Crippen molar-refractivity contribution in [3.8, 4) is 5.75 Å². The van der Waals surface area contributed by atoms with E-state index in [0.717, 1.165) is 41.8 Å². The van der Waals surface area contributed by atoms with Gasteiger partial charge in [0.15, 0.2) is 0 Å². The largest absolute Gasteiger partial charge is 0.421 e. The summed E-state index contributed by atoms with van der Waals surface area (Å²) >= 11 is 6.31. The highest BCUT2D eigenvalue weighted by Crippen LogP contribution is 2.34. The van der Waals surface area contributed by atoms with Gasteiger partial charge in [-0.15, -0.1) is 0 Å². The second-order valence-electron chi connectivity index (χ2n) is 11.3. The lowest BCUT2D eigenvalue weighted by Gasteiger charge is -2.34. The monoisotopic (exact) mass is 656 g/mol. The van der Waals surface area contributed by atoms with E-state index in [1.165, 1.54) is 18.3 Å². The van der Waals surface area contributed by atoms with Gasteiger partial charge in [0.05, 0.1) is 17.8 Å². The minimum absolute atomic E-state index is 0.0212. The number of amides is 1. The minimum Gasteiger partial charge on any atom is -0.409 e. The maximum absolute atomic E-state index is 15.1. The zero-order valence-electron chi connectivity index (χ0n) is 25.8. The molecule has 1 amide bonds. The fraction of sp³-hybridized carbons (Fsp3) is 0.303. The molecule has 1 saturated heterocycles. The van der Waals surface area contributed by atoms with Crippen molar-refractivity contribution < 1.29 is 27.1 Å². The van der Waals surface area contributed by atoms with Crippen LogP contribution in [0.2, 0.25) is 5.02 Å². The van der Waals surface area contributed by atoms with Crippen molar-refractivity contribution in [2.24, 2.45) is 0 Å². The normalized spacial score (nSPS) is 13.9. The van der Waals surface area contributed by atoms with Crippen molar-refractivity contribution in [1.29, 1.82) is 0 Å². The molecule has 0 aliphatic carbocycles. The number of hydrogen-bond acceptors (Lipinski definition) is 7. The summed E-state index contributed by atoms with van der Waals surface area (Å²) in [5.74, 6) is -0.0502. The molecule has 0 bridgehead atoms. The van der Waals surface area contributed by atoms with Gasteiger partial charge < -0.3 is 19.9 Å². The summed E-state index contributed by atoms with van der Waals surface area (Å²) in [6, 6.07) is 12.7. The van der Waals surface area contributed by atoms with Crippen LogP contribution in [-0.4, -0.2) is 54.2 Å². The van der Waals surface area contributed by atoms with E-state index in [4.69, 9.17) is 16.3 Å². The molecule has 8 nitrogen and oxygen atoms in total. The van der Waals surface area contributed by atoms with Crippen molar-refractivity contribution >= 4 is 40.8 Å². The number of halogens is 5. The molecule has 5 rings (SSSR count). The van der Waals surface area contributed by atoms with Crippen LogP contribution in [0, 0.1) is 26.6 Å². The number of benzene rings is 3. The van der Waals surface area contributed by atoms with Gasteiger partial charge in [0.2, 0.25) is 5.95 Å². The van der Waals surface area contributed by atoms with Gasteiger partial charge in [0.1, 0.15) is 17.4 Å². The summed E-state index contributed by atoms with van der Waals surface area (Å²) in [7, 11) is 2.02. The molecule has 3 aromatic carbocycles. The zero-order chi connectivity index (χ0) is 33.2. The third-order valence-electron chi connectivity index (χ3n) is 7.68. The van der Waals surface area contributed by atoms with Crippen LogP contribution in [0.3, 0.4) is 0 Å². The molecule has 1 aromatic heterocycles. The van der Waals surface area contributed by atoms with Gasteiger partial charge in [-0.3, -0.25) is 4.90 Å². The standard InChI is InChI=1S/C33H33ClF4N6O2/c1-20-15-21(2)30(22(3)16-20)46-32(45)44(19-23-17-24(33(36,37)38)5-7-26(23)34)29-9-10-39-31(41-29)40-25-6-8-28(27(35)18-25)43-13-11-42(4)12-14-43/h5-10,15-18H,11-14,19H2,1-4H3,(H,39,40,41). The van der Waals surface area contributed by atoms with Crippen molar-refractivity contribution in [1.82, 2.24) is 14.9 Å². The maximum atomic E-state index is 15.1. The summed E-state index contributed by atoms with van der Waals surface area (Å²) in [6.07, 6.45) is -4.14. The van der Waals surface area contributed by atoms with Crippen LogP contribution < -0.4 is 19.9 Å². The molecule has 2 heterocycles. The Kier molecular flexibility index (Phi) is 9.68. The number of anilines is 4. The molecule has 0 radical (unpaired) electrons. The Morgan fingerprint density at radius 2 is 1.70 bits per heavy atom. The highest BCUT2D eigenvalue weighted by atomic mass is 35.5. The van der Waals surface area contributed by atoms with Crippen LogP contribution in [0.25, 0.3) is 0 Å². The number of likely N-dealkylation sites (N-methyl/N-ethyl adjacent to an activating group) is 1. The van der Waals surface area contributed by atoms with Crippen LogP contribution in [-0.2, 0) is 12.7 Å². The van der Waals surface area contributed by atoms with Crippen LogP contribution >= 0.6 is 11.6 Å². The predicted octanol–water partition coefficient (Wildman–Crippen LogP) is 7.91. The first-order chi connectivity index (χ1) is 21.8. The van der Waals surface area contributed by atoms with Gasteiger partial charge in [-0.25, -0.2) is 14.2 Å². The Labute approximate surface area is 269 Å². The van der Waals surface area contributed by atoms with E-state index in [-0.39, 0.29) is 22.4 Å². The second-order valence-corrected chi connectivity index (χ2v) is 11.7. The molecule has 0 unspecified atom stereocenters. The second kappa shape index (κ2) is 13.5. The zero-order valence-corrected chi connectivity index (χ0v) is 26.5. The molecular formula is C33H33ClF4N6O2. The lowest BCUT2D eigenvalue weighted by Crippen LogP contribution is -2.44. The Balaban J connectivity index is 1.45. The van der Waals surface area contributed by atoms with Crippen LogP contribution in [0.1, 0.15) is 27.8 Å². The summed E-state index contributed by atoms with van der Waals surface area (Å²) in [4.78, 5) is 27.6. The Morgan fingerprint density at radius 1 is 1.00 bits per heavy atom. The summed E-state index contributed by atoms with van der Waals surface area (Å²) in [5, 5.41) is 2.98. The maximum Gasteiger partial charge on any atom is 0.421 e. The quantitative estimate of drug-likeness (QED) is 0.203. The fourth-order valence-electron chi connectivity index (χ4n) is 5.33. The Hall–Kier alpha value is -4.42.